The monoisotopic (exact) mass is 271 g/mol. The van der Waals surface area contributed by atoms with Gasteiger partial charge >= 0.3 is 12.0 Å². The lowest BCUT2D eigenvalue weighted by Gasteiger charge is -2.36. The van der Waals surface area contributed by atoms with Crippen molar-refractivity contribution in [3.63, 3.8) is 0 Å². The smallest absolute Gasteiger partial charge is 0.320 e. The molecule has 2 heterocycles. The molecule has 2 N–H and O–H groups in total. The number of likely N-dealkylation sites (tertiary alicyclic amines) is 1. The number of hydrogen-bond acceptors (Lipinski definition) is 4. The van der Waals surface area contributed by atoms with Gasteiger partial charge in [-0.2, -0.15) is 0 Å². The molecule has 7 nitrogen and oxygen atoms in total. The molecule has 19 heavy (non-hydrogen) atoms. The highest BCUT2D eigenvalue weighted by Gasteiger charge is 2.36. The van der Waals surface area contributed by atoms with Crippen LogP contribution in [0.15, 0.2) is 0 Å². The van der Waals surface area contributed by atoms with E-state index in [1.807, 2.05) is 4.90 Å². The number of carboxylic acids is 1. The fraction of sp³-hybridized carbons (Fsp3) is 0.833. The van der Waals surface area contributed by atoms with E-state index in [0.29, 0.717) is 45.7 Å². The lowest BCUT2D eigenvalue weighted by atomic mass is 10.1. The van der Waals surface area contributed by atoms with Crippen LogP contribution in [0.3, 0.4) is 0 Å². The van der Waals surface area contributed by atoms with Crippen molar-refractivity contribution >= 4 is 12.0 Å². The molecule has 0 aliphatic carbocycles. The van der Waals surface area contributed by atoms with Crippen LogP contribution in [0, 0.1) is 0 Å². The molecule has 2 fully saturated rings. The van der Waals surface area contributed by atoms with Gasteiger partial charge in [0.05, 0.1) is 18.7 Å². The zero-order chi connectivity index (χ0) is 14.0. The van der Waals surface area contributed by atoms with Gasteiger partial charge in [-0.15, -0.1) is 0 Å². The number of piperazine rings is 1. The Morgan fingerprint density at radius 1 is 1.11 bits per heavy atom. The molecule has 0 radical (unpaired) electrons. The van der Waals surface area contributed by atoms with Gasteiger partial charge in [0.15, 0.2) is 0 Å². The molecule has 0 aromatic rings. The van der Waals surface area contributed by atoms with Crippen LogP contribution in [0.1, 0.15) is 13.3 Å². The van der Waals surface area contributed by atoms with Crippen molar-refractivity contribution in [1.29, 1.82) is 0 Å². The predicted molar refractivity (Wildman–Crippen MR) is 67.9 cm³/mol. The fourth-order valence-corrected chi connectivity index (χ4v) is 2.60. The highest BCUT2D eigenvalue weighted by molar-refractivity contribution is 5.75. The standard InChI is InChI=1S/C12H21N3O4/c1-12(19)2-3-15(9-12)11(18)14-6-4-13(5-7-14)8-10(16)17/h19H,2-9H2,1H3,(H,16,17). The van der Waals surface area contributed by atoms with Crippen LogP contribution in [0.2, 0.25) is 0 Å². The Labute approximate surface area is 112 Å². The Morgan fingerprint density at radius 2 is 1.74 bits per heavy atom. The normalized spacial score (nSPS) is 28.7. The van der Waals surface area contributed by atoms with E-state index in [0.717, 1.165) is 0 Å². The van der Waals surface area contributed by atoms with Crippen LogP contribution < -0.4 is 0 Å². The average molecular weight is 271 g/mol. The Hall–Kier alpha value is -1.34. The molecule has 2 amide bonds. The number of amides is 2. The molecule has 1 atom stereocenters. The van der Waals surface area contributed by atoms with Gasteiger partial charge in [-0.25, -0.2) is 4.79 Å². The molecular weight excluding hydrogens is 250 g/mol. The van der Waals surface area contributed by atoms with Crippen LogP contribution >= 0.6 is 0 Å². The second-order valence-corrected chi connectivity index (χ2v) is 5.61. The molecular formula is C12H21N3O4. The largest absolute Gasteiger partial charge is 0.480 e. The highest BCUT2D eigenvalue weighted by atomic mass is 16.4. The Balaban J connectivity index is 1.81. The molecule has 2 aliphatic heterocycles. The zero-order valence-electron chi connectivity index (χ0n) is 11.2. The molecule has 0 bridgehead atoms. The molecule has 0 aromatic heterocycles. The number of urea groups is 1. The summed E-state index contributed by atoms with van der Waals surface area (Å²) in [5, 5.41) is 18.6. The van der Waals surface area contributed by atoms with E-state index in [1.165, 1.54) is 0 Å². The summed E-state index contributed by atoms with van der Waals surface area (Å²) < 4.78 is 0. The summed E-state index contributed by atoms with van der Waals surface area (Å²) in [5.41, 5.74) is -0.777. The van der Waals surface area contributed by atoms with Crippen molar-refractivity contribution in [2.75, 3.05) is 45.8 Å². The van der Waals surface area contributed by atoms with Crippen molar-refractivity contribution in [2.24, 2.45) is 0 Å². The summed E-state index contributed by atoms with van der Waals surface area (Å²) in [5.74, 6) is -0.838. The van der Waals surface area contributed by atoms with Gasteiger partial charge in [-0.05, 0) is 13.3 Å². The molecule has 0 aromatic carbocycles. The number of aliphatic hydroxyl groups is 1. The minimum Gasteiger partial charge on any atom is -0.480 e. The second-order valence-electron chi connectivity index (χ2n) is 5.61. The topological polar surface area (TPSA) is 84.3 Å². The van der Waals surface area contributed by atoms with Crippen LogP contribution in [-0.4, -0.2) is 88.3 Å². The first-order valence-corrected chi connectivity index (χ1v) is 6.58. The van der Waals surface area contributed by atoms with E-state index in [2.05, 4.69) is 0 Å². The summed E-state index contributed by atoms with van der Waals surface area (Å²) in [6.45, 7) is 4.99. The van der Waals surface area contributed by atoms with Crippen LogP contribution in [0.4, 0.5) is 4.79 Å². The summed E-state index contributed by atoms with van der Waals surface area (Å²) in [4.78, 5) is 28.1. The van der Waals surface area contributed by atoms with E-state index in [4.69, 9.17) is 5.11 Å². The van der Waals surface area contributed by atoms with Crippen LogP contribution in [0.25, 0.3) is 0 Å². The van der Waals surface area contributed by atoms with Gasteiger partial charge in [0, 0.05) is 32.7 Å². The molecule has 0 spiro atoms. The van der Waals surface area contributed by atoms with Gasteiger partial charge in [-0.3, -0.25) is 9.69 Å². The third-order valence-corrected chi connectivity index (χ3v) is 3.72. The maximum absolute atomic E-state index is 12.2. The van der Waals surface area contributed by atoms with Gasteiger partial charge in [0.25, 0.3) is 0 Å². The van der Waals surface area contributed by atoms with Crippen molar-refractivity contribution in [3.05, 3.63) is 0 Å². The van der Waals surface area contributed by atoms with Gasteiger partial charge in [0.2, 0.25) is 0 Å². The summed E-state index contributed by atoms with van der Waals surface area (Å²) >= 11 is 0. The first kappa shape index (κ1) is 14.1. The SMILES string of the molecule is CC1(O)CCN(C(=O)N2CCN(CC(=O)O)CC2)C1. The van der Waals surface area contributed by atoms with Crippen molar-refractivity contribution in [2.45, 2.75) is 18.9 Å². The fourth-order valence-electron chi connectivity index (χ4n) is 2.60. The Bertz CT molecular complexity index is 364. The summed E-state index contributed by atoms with van der Waals surface area (Å²) in [7, 11) is 0. The summed E-state index contributed by atoms with van der Waals surface area (Å²) in [6, 6.07) is -0.0484. The minimum absolute atomic E-state index is 0.0282. The third kappa shape index (κ3) is 3.57. The molecule has 2 saturated heterocycles. The lowest BCUT2D eigenvalue weighted by Crippen LogP contribution is -2.53. The third-order valence-electron chi connectivity index (χ3n) is 3.72. The van der Waals surface area contributed by atoms with Crippen molar-refractivity contribution in [1.82, 2.24) is 14.7 Å². The minimum atomic E-state index is -0.838. The van der Waals surface area contributed by atoms with Gasteiger partial charge < -0.3 is 20.0 Å². The number of carbonyl (C=O) groups excluding carboxylic acids is 1. The van der Waals surface area contributed by atoms with E-state index >= 15 is 0 Å². The molecule has 1 unspecified atom stereocenters. The number of nitrogens with zero attached hydrogens (tertiary/aromatic N) is 3. The number of aliphatic carboxylic acids is 1. The molecule has 7 heteroatoms. The number of carbonyl (C=O) groups is 2. The van der Waals surface area contributed by atoms with Crippen molar-refractivity contribution in [3.8, 4) is 0 Å². The summed E-state index contributed by atoms with van der Waals surface area (Å²) in [6.07, 6.45) is 0.609. The van der Waals surface area contributed by atoms with E-state index in [9.17, 15) is 14.7 Å². The van der Waals surface area contributed by atoms with Crippen molar-refractivity contribution < 1.29 is 19.8 Å². The van der Waals surface area contributed by atoms with E-state index in [-0.39, 0.29) is 12.6 Å². The van der Waals surface area contributed by atoms with Crippen LogP contribution in [0.5, 0.6) is 0 Å². The molecule has 2 aliphatic rings. The number of rotatable bonds is 2. The maximum atomic E-state index is 12.2. The second kappa shape index (κ2) is 5.34. The van der Waals surface area contributed by atoms with Crippen LogP contribution in [-0.2, 0) is 4.79 Å². The highest BCUT2D eigenvalue weighted by Crippen LogP contribution is 2.21. The van der Waals surface area contributed by atoms with Gasteiger partial charge in [-0.1, -0.05) is 0 Å². The quantitative estimate of drug-likeness (QED) is 0.691. The average Bonchev–Trinajstić information content (AvgIpc) is 2.69. The predicted octanol–water partition coefficient (Wildman–Crippen LogP) is -0.735. The Kier molecular flexibility index (Phi) is 3.96. The molecule has 0 saturated carbocycles. The van der Waals surface area contributed by atoms with E-state index < -0.39 is 11.6 Å². The number of hydrogen-bond donors (Lipinski definition) is 2. The number of β-amino-alcohol motifs (C(OH)–C–C–N with tert-alkyl or cyclic N) is 1. The zero-order valence-corrected chi connectivity index (χ0v) is 11.2. The molecule has 108 valence electrons. The molecule has 2 rings (SSSR count). The number of carboxylic acid groups (broad SMARTS) is 1. The first-order valence-electron chi connectivity index (χ1n) is 6.58. The Morgan fingerprint density at radius 3 is 2.21 bits per heavy atom. The van der Waals surface area contributed by atoms with Gasteiger partial charge in [0.1, 0.15) is 0 Å². The lowest BCUT2D eigenvalue weighted by molar-refractivity contribution is -0.138. The maximum Gasteiger partial charge on any atom is 0.320 e. The van der Waals surface area contributed by atoms with E-state index in [1.54, 1.807) is 16.7 Å². The first-order chi connectivity index (χ1) is 8.87.